The van der Waals surface area contributed by atoms with Gasteiger partial charge in [0.25, 0.3) is 0 Å². The molecule has 1 aromatic carbocycles. The van der Waals surface area contributed by atoms with Gasteiger partial charge in [0.05, 0.1) is 25.7 Å². The van der Waals surface area contributed by atoms with Crippen molar-refractivity contribution in [2.45, 2.75) is 32.9 Å². The third-order valence-electron chi connectivity index (χ3n) is 4.52. The predicted octanol–water partition coefficient (Wildman–Crippen LogP) is 1.94. The van der Waals surface area contributed by atoms with Crippen molar-refractivity contribution in [2.24, 2.45) is 0 Å². The molecule has 0 bridgehead atoms. The largest absolute Gasteiger partial charge is 0.370 e. The van der Waals surface area contributed by atoms with E-state index in [1.165, 1.54) is 0 Å². The smallest absolute Gasteiger partial charge is 0.318 e. The van der Waals surface area contributed by atoms with E-state index < -0.39 is 0 Å². The zero-order chi connectivity index (χ0) is 17.7. The maximum atomic E-state index is 12.5. The maximum Gasteiger partial charge on any atom is 0.318 e. The van der Waals surface area contributed by atoms with Crippen molar-refractivity contribution in [3.63, 3.8) is 0 Å². The quantitative estimate of drug-likeness (QED) is 0.916. The van der Waals surface area contributed by atoms with Crippen LogP contribution in [-0.2, 0) is 9.53 Å². The normalized spacial score (nSPS) is 20.6. The molecule has 1 fully saturated rings. The molecule has 0 spiro atoms. The lowest BCUT2D eigenvalue weighted by atomic mass is 10.0. The molecule has 1 N–H and O–H groups in total. The van der Waals surface area contributed by atoms with Crippen LogP contribution in [0.4, 0.5) is 4.79 Å². The van der Waals surface area contributed by atoms with Gasteiger partial charge in [-0.3, -0.25) is 4.79 Å². The number of nitrogens with one attached hydrogen (secondary N) is 1. The van der Waals surface area contributed by atoms with Gasteiger partial charge in [0.2, 0.25) is 5.91 Å². The molecule has 1 aliphatic rings. The summed E-state index contributed by atoms with van der Waals surface area (Å²) in [5.41, 5.74) is 2.25. The minimum atomic E-state index is -0.220. The molecule has 1 heterocycles. The summed E-state index contributed by atoms with van der Waals surface area (Å²) in [5, 5.41) is 2.72. The Morgan fingerprint density at radius 2 is 2.08 bits per heavy atom. The van der Waals surface area contributed by atoms with Gasteiger partial charge in [0, 0.05) is 13.6 Å². The number of aryl methyl sites for hydroxylation is 1. The van der Waals surface area contributed by atoms with E-state index in [9.17, 15) is 9.59 Å². The molecule has 3 amide bonds. The van der Waals surface area contributed by atoms with Gasteiger partial charge < -0.3 is 19.9 Å². The lowest BCUT2D eigenvalue weighted by Gasteiger charge is -2.38. The van der Waals surface area contributed by atoms with Crippen LogP contribution < -0.4 is 5.32 Å². The van der Waals surface area contributed by atoms with Crippen LogP contribution in [0.1, 0.15) is 31.1 Å². The van der Waals surface area contributed by atoms with Crippen LogP contribution in [0.3, 0.4) is 0 Å². The van der Waals surface area contributed by atoms with Crippen LogP contribution in [0.5, 0.6) is 0 Å². The molecule has 0 aliphatic carbocycles. The van der Waals surface area contributed by atoms with Crippen LogP contribution in [0.2, 0.25) is 0 Å². The van der Waals surface area contributed by atoms with Crippen LogP contribution >= 0.6 is 0 Å². The van der Waals surface area contributed by atoms with E-state index in [2.05, 4.69) is 5.32 Å². The number of carbonyl (C=O) groups is 2. The first kappa shape index (κ1) is 18.3. The maximum absolute atomic E-state index is 12.5. The summed E-state index contributed by atoms with van der Waals surface area (Å²) < 4.78 is 5.92. The molecule has 0 saturated carbocycles. The second kappa shape index (κ2) is 8.15. The van der Waals surface area contributed by atoms with Crippen LogP contribution in [-0.4, -0.2) is 61.1 Å². The third-order valence-corrected chi connectivity index (χ3v) is 4.52. The fraction of sp³-hybridized carbons (Fsp3) is 0.556. The van der Waals surface area contributed by atoms with Gasteiger partial charge in [-0.15, -0.1) is 0 Å². The number of ether oxygens (including phenoxy) is 1. The fourth-order valence-corrected chi connectivity index (χ4v) is 2.74. The summed E-state index contributed by atoms with van der Waals surface area (Å²) in [4.78, 5) is 27.6. The van der Waals surface area contributed by atoms with Gasteiger partial charge in [-0.1, -0.05) is 24.3 Å². The van der Waals surface area contributed by atoms with Gasteiger partial charge in [-0.25, -0.2) is 4.79 Å². The van der Waals surface area contributed by atoms with Crippen molar-refractivity contribution in [2.75, 3.05) is 33.3 Å². The van der Waals surface area contributed by atoms with Crippen LogP contribution in [0.25, 0.3) is 0 Å². The number of likely N-dealkylation sites (N-methyl/N-ethyl adjacent to an activating group) is 1. The predicted molar refractivity (Wildman–Crippen MR) is 92.7 cm³/mol. The molecule has 2 rings (SSSR count). The Morgan fingerprint density at radius 1 is 1.38 bits per heavy atom. The van der Waals surface area contributed by atoms with E-state index in [1.807, 2.05) is 45.0 Å². The van der Waals surface area contributed by atoms with Gasteiger partial charge in [-0.2, -0.15) is 0 Å². The Morgan fingerprint density at radius 3 is 2.75 bits per heavy atom. The van der Waals surface area contributed by atoms with Crippen LogP contribution in [0.15, 0.2) is 24.3 Å². The van der Waals surface area contributed by atoms with E-state index >= 15 is 0 Å². The number of benzene rings is 1. The number of morpholine rings is 1. The van der Waals surface area contributed by atoms with Gasteiger partial charge in [-0.05, 0) is 31.9 Å². The lowest BCUT2D eigenvalue weighted by molar-refractivity contribution is -0.128. The molecular weight excluding hydrogens is 306 g/mol. The Kier molecular flexibility index (Phi) is 6.20. The van der Waals surface area contributed by atoms with Crippen molar-refractivity contribution < 1.29 is 14.3 Å². The molecule has 0 unspecified atom stereocenters. The summed E-state index contributed by atoms with van der Waals surface area (Å²) in [6.07, 6.45) is -0.137. The number of amides is 3. The molecule has 2 atom stereocenters. The number of carbonyl (C=O) groups excluding carboxylic acids is 2. The highest BCUT2D eigenvalue weighted by Crippen LogP contribution is 2.27. The Bertz CT molecular complexity index is 591. The molecular formula is C18H27N3O3. The van der Waals surface area contributed by atoms with Gasteiger partial charge in [0.1, 0.15) is 6.10 Å². The average Bonchev–Trinajstić information content (AvgIpc) is 2.59. The second-order valence-corrected chi connectivity index (χ2v) is 6.25. The molecule has 0 radical (unpaired) electrons. The Balaban J connectivity index is 1.99. The van der Waals surface area contributed by atoms with Gasteiger partial charge >= 0.3 is 6.03 Å². The topological polar surface area (TPSA) is 61.9 Å². The number of rotatable bonds is 4. The van der Waals surface area contributed by atoms with Crippen molar-refractivity contribution in [1.29, 1.82) is 0 Å². The van der Waals surface area contributed by atoms with Crippen molar-refractivity contribution in [3.05, 3.63) is 35.4 Å². The van der Waals surface area contributed by atoms with Crippen molar-refractivity contribution in [3.8, 4) is 0 Å². The summed E-state index contributed by atoms with van der Waals surface area (Å²) in [5.74, 6) is -0.0952. The summed E-state index contributed by atoms with van der Waals surface area (Å²) in [7, 11) is 1.72. The Hall–Kier alpha value is -2.08. The Labute approximate surface area is 143 Å². The fourth-order valence-electron chi connectivity index (χ4n) is 2.74. The highest BCUT2D eigenvalue weighted by Gasteiger charge is 2.31. The summed E-state index contributed by atoms with van der Waals surface area (Å²) in [6, 6.07) is 7.80. The van der Waals surface area contributed by atoms with E-state index in [0.29, 0.717) is 19.7 Å². The first-order valence-corrected chi connectivity index (χ1v) is 8.39. The molecule has 132 valence electrons. The standard InChI is InChI=1S/C18H27N3O3/c1-5-20(4)17(22)10-19-18(23)21-11-16(24-12-14(21)3)15-9-7-6-8-13(15)2/h6-9,14,16H,5,10-12H2,1-4H3,(H,19,23)/t14-,16-/m0/s1. The number of nitrogens with zero attached hydrogens (tertiary/aromatic N) is 2. The zero-order valence-corrected chi connectivity index (χ0v) is 14.9. The van der Waals surface area contributed by atoms with Gasteiger partial charge in [0.15, 0.2) is 0 Å². The minimum absolute atomic E-state index is 0.0162. The zero-order valence-electron chi connectivity index (χ0n) is 14.9. The molecule has 0 aromatic heterocycles. The summed E-state index contributed by atoms with van der Waals surface area (Å²) >= 11 is 0. The summed E-state index contributed by atoms with van der Waals surface area (Å²) in [6.45, 7) is 7.50. The number of urea groups is 1. The third kappa shape index (κ3) is 4.26. The molecule has 24 heavy (non-hydrogen) atoms. The second-order valence-electron chi connectivity index (χ2n) is 6.25. The van der Waals surface area contributed by atoms with E-state index in [-0.39, 0.29) is 30.6 Å². The number of hydrogen-bond acceptors (Lipinski definition) is 3. The highest BCUT2D eigenvalue weighted by molar-refractivity contribution is 5.84. The molecule has 6 heteroatoms. The monoisotopic (exact) mass is 333 g/mol. The van der Waals surface area contributed by atoms with Crippen molar-refractivity contribution >= 4 is 11.9 Å². The van der Waals surface area contributed by atoms with E-state index in [4.69, 9.17) is 4.74 Å². The average molecular weight is 333 g/mol. The molecule has 1 aromatic rings. The van der Waals surface area contributed by atoms with Crippen LogP contribution in [0, 0.1) is 6.92 Å². The highest BCUT2D eigenvalue weighted by atomic mass is 16.5. The minimum Gasteiger partial charge on any atom is -0.370 e. The van der Waals surface area contributed by atoms with E-state index in [0.717, 1.165) is 11.1 Å². The van der Waals surface area contributed by atoms with Crippen molar-refractivity contribution in [1.82, 2.24) is 15.1 Å². The lowest BCUT2D eigenvalue weighted by Crippen LogP contribution is -2.53. The molecule has 6 nitrogen and oxygen atoms in total. The van der Waals surface area contributed by atoms with E-state index in [1.54, 1.807) is 16.8 Å². The first-order chi connectivity index (χ1) is 11.4. The first-order valence-electron chi connectivity index (χ1n) is 8.39. The number of hydrogen-bond donors (Lipinski definition) is 1. The molecule has 1 saturated heterocycles. The SMILES string of the molecule is CCN(C)C(=O)CNC(=O)N1C[C@@H](c2ccccc2C)OC[C@@H]1C. The molecule has 1 aliphatic heterocycles.